The molecule has 0 N–H and O–H groups in total. The third-order valence-electron chi connectivity index (χ3n) is 2.37. The first-order chi connectivity index (χ1) is 7.16. The minimum atomic E-state index is -2.49. The molecule has 15 heavy (non-hydrogen) atoms. The summed E-state index contributed by atoms with van der Waals surface area (Å²) in [6, 6.07) is 2.87. The van der Waals surface area contributed by atoms with E-state index in [0.29, 0.717) is 25.3 Å². The van der Waals surface area contributed by atoms with Crippen LogP contribution in [-0.4, -0.2) is 23.9 Å². The normalized spacial score (nSPS) is 16.5. The first-order valence-corrected chi connectivity index (χ1v) is 4.67. The lowest BCUT2D eigenvalue weighted by Crippen LogP contribution is -2.20. The number of carbonyl (C=O) groups is 1. The highest BCUT2D eigenvalue weighted by Gasteiger charge is 2.20. The lowest BCUT2D eigenvalue weighted by molar-refractivity contribution is -0.116. The number of nitrogens with zero attached hydrogens (tertiary/aromatic N) is 2. The highest BCUT2D eigenvalue weighted by atomic mass is 19.3. The number of Topliss-reactive ketones (excluding diaryl/α,β-unsaturated/α-hetero) is 1. The predicted molar refractivity (Wildman–Crippen MR) is 51.0 cm³/mol. The zero-order valence-electron chi connectivity index (χ0n) is 7.99. The maximum atomic E-state index is 12.2. The van der Waals surface area contributed by atoms with E-state index >= 15 is 0 Å². The zero-order valence-corrected chi connectivity index (χ0v) is 7.99. The molecule has 0 aromatic carbocycles. The van der Waals surface area contributed by atoms with Gasteiger partial charge in [-0.25, -0.2) is 13.8 Å². The van der Waals surface area contributed by atoms with E-state index in [0.717, 1.165) is 6.20 Å². The van der Waals surface area contributed by atoms with E-state index in [-0.39, 0.29) is 11.3 Å². The molecule has 0 spiro atoms. The summed E-state index contributed by atoms with van der Waals surface area (Å²) in [4.78, 5) is 16.7. The highest BCUT2D eigenvalue weighted by molar-refractivity contribution is 5.86. The molecule has 1 aliphatic heterocycles. The molecule has 0 aliphatic carbocycles. The Balaban J connectivity index is 2.13. The number of hydrogen-bond acceptors (Lipinski definition) is 3. The Morgan fingerprint density at radius 1 is 1.40 bits per heavy atom. The molecule has 5 heteroatoms. The molecule has 1 aliphatic rings. The minimum absolute atomic E-state index is 0.0933. The number of pyridine rings is 1. The molecule has 0 bridgehead atoms. The van der Waals surface area contributed by atoms with Gasteiger partial charge in [-0.3, -0.25) is 4.79 Å². The molecule has 3 nitrogen and oxygen atoms in total. The molecule has 0 atom stereocenters. The highest BCUT2D eigenvalue weighted by Crippen LogP contribution is 2.21. The van der Waals surface area contributed by atoms with E-state index in [2.05, 4.69) is 4.98 Å². The Bertz CT molecular complexity index is 364. The van der Waals surface area contributed by atoms with Crippen molar-refractivity contribution in [1.29, 1.82) is 0 Å². The third-order valence-corrected chi connectivity index (χ3v) is 2.37. The van der Waals surface area contributed by atoms with Gasteiger partial charge in [0.1, 0.15) is 5.82 Å². The van der Waals surface area contributed by atoms with Gasteiger partial charge in [-0.05, 0) is 12.1 Å². The van der Waals surface area contributed by atoms with Gasteiger partial charge in [0.05, 0.1) is 6.54 Å². The number of ketones is 1. The van der Waals surface area contributed by atoms with E-state index in [1.54, 1.807) is 4.90 Å². The number of carbonyl (C=O) groups excluding carboxylic acids is 1. The summed E-state index contributed by atoms with van der Waals surface area (Å²) in [7, 11) is 0. The predicted octanol–water partition coefficient (Wildman–Crippen LogP) is 1.80. The summed E-state index contributed by atoms with van der Waals surface area (Å²) in [6.45, 7) is 0.959. The van der Waals surface area contributed by atoms with Crippen molar-refractivity contribution < 1.29 is 13.6 Å². The second kappa shape index (κ2) is 3.92. The van der Waals surface area contributed by atoms with E-state index < -0.39 is 6.43 Å². The van der Waals surface area contributed by atoms with Gasteiger partial charge in [0.25, 0.3) is 6.43 Å². The Morgan fingerprint density at radius 2 is 2.20 bits per heavy atom. The van der Waals surface area contributed by atoms with Crippen LogP contribution in [0.25, 0.3) is 0 Å². The fraction of sp³-hybridized carbons (Fsp3) is 0.400. The molecule has 80 valence electrons. The molecule has 2 heterocycles. The van der Waals surface area contributed by atoms with Gasteiger partial charge in [-0.2, -0.15) is 0 Å². The lowest BCUT2D eigenvalue weighted by atomic mass is 10.3. The fourth-order valence-electron chi connectivity index (χ4n) is 1.54. The van der Waals surface area contributed by atoms with Crippen LogP contribution in [0.15, 0.2) is 18.3 Å². The van der Waals surface area contributed by atoms with Gasteiger partial charge in [0, 0.05) is 24.7 Å². The fourth-order valence-corrected chi connectivity index (χ4v) is 1.54. The average Bonchev–Trinajstić information content (AvgIpc) is 2.65. The van der Waals surface area contributed by atoms with Crippen LogP contribution in [0, 0.1) is 0 Å². The van der Waals surface area contributed by atoms with Gasteiger partial charge in [-0.1, -0.05) is 0 Å². The summed E-state index contributed by atoms with van der Waals surface area (Å²) in [5.41, 5.74) is -0.0933. The minimum Gasteiger partial charge on any atom is -0.349 e. The summed E-state index contributed by atoms with van der Waals surface area (Å²) in [6.07, 6.45) is -0.826. The standard InChI is InChI=1S/C10H10F2N2O/c11-10(12)7-1-2-9(13-5-7)14-4-3-8(15)6-14/h1-2,5,10H,3-4,6H2. The van der Waals surface area contributed by atoms with Gasteiger partial charge in [0.2, 0.25) is 0 Å². The molecule has 2 rings (SSSR count). The molecule has 1 aromatic rings. The summed E-state index contributed by atoms with van der Waals surface area (Å²) in [5.74, 6) is 0.750. The number of anilines is 1. The Kier molecular flexibility index (Phi) is 2.62. The van der Waals surface area contributed by atoms with Gasteiger partial charge in [0.15, 0.2) is 5.78 Å². The summed E-state index contributed by atoms with van der Waals surface area (Å²) >= 11 is 0. The third kappa shape index (κ3) is 2.11. The molecule has 0 saturated carbocycles. The van der Waals surface area contributed by atoms with Crippen LogP contribution in [0.5, 0.6) is 0 Å². The van der Waals surface area contributed by atoms with Crippen molar-refractivity contribution in [3.63, 3.8) is 0 Å². The number of hydrogen-bond donors (Lipinski definition) is 0. The van der Waals surface area contributed by atoms with E-state index in [1.807, 2.05) is 0 Å². The number of halogens is 2. The molecule has 1 fully saturated rings. The van der Waals surface area contributed by atoms with Crippen LogP contribution in [0.3, 0.4) is 0 Å². The topological polar surface area (TPSA) is 33.2 Å². The first kappa shape index (κ1) is 10.0. The number of rotatable bonds is 2. The Labute approximate surface area is 85.7 Å². The van der Waals surface area contributed by atoms with Crippen LogP contribution in [-0.2, 0) is 4.79 Å². The van der Waals surface area contributed by atoms with Gasteiger partial charge in [-0.15, -0.1) is 0 Å². The maximum Gasteiger partial charge on any atom is 0.265 e. The van der Waals surface area contributed by atoms with Crippen molar-refractivity contribution >= 4 is 11.6 Å². The molecule has 1 aromatic heterocycles. The van der Waals surface area contributed by atoms with Gasteiger partial charge < -0.3 is 4.90 Å². The smallest absolute Gasteiger partial charge is 0.265 e. The molecule has 0 radical (unpaired) electrons. The second-order valence-electron chi connectivity index (χ2n) is 3.46. The summed E-state index contributed by atoms with van der Waals surface area (Å²) in [5, 5.41) is 0. The Hall–Kier alpha value is -1.52. The van der Waals surface area contributed by atoms with Crippen molar-refractivity contribution in [1.82, 2.24) is 4.98 Å². The molecular formula is C10H10F2N2O. The quantitative estimate of drug-likeness (QED) is 0.749. The first-order valence-electron chi connectivity index (χ1n) is 4.67. The van der Waals surface area contributed by atoms with Crippen molar-refractivity contribution in [3.05, 3.63) is 23.9 Å². The monoisotopic (exact) mass is 212 g/mol. The lowest BCUT2D eigenvalue weighted by Gasteiger charge is -2.15. The maximum absolute atomic E-state index is 12.2. The van der Waals surface area contributed by atoms with E-state index in [1.165, 1.54) is 12.1 Å². The van der Waals surface area contributed by atoms with Crippen molar-refractivity contribution in [2.45, 2.75) is 12.8 Å². The van der Waals surface area contributed by atoms with Crippen LogP contribution in [0.4, 0.5) is 14.6 Å². The van der Waals surface area contributed by atoms with Crippen molar-refractivity contribution in [2.24, 2.45) is 0 Å². The Morgan fingerprint density at radius 3 is 2.67 bits per heavy atom. The largest absolute Gasteiger partial charge is 0.349 e. The SMILES string of the molecule is O=C1CCN(c2ccc(C(F)F)cn2)C1. The molecule has 0 unspecified atom stereocenters. The second-order valence-corrected chi connectivity index (χ2v) is 3.46. The van der Waals surface area contributed by atoms with E-state index in [4.69, 9.17) is 0 Å². The van der Waals surface area contributed by atoms with Crippen molar-refractivity contribution in [2.75, 3.05) is 18.0 Å². The molecule has 0 amide bonds. The number of aromatic nitrogens is 1. The van der Waals surface area contributed by atoms with Crippen LogP contribution in [0.2, 0.25) is 0 Å². The van der Waals surface area contributed by atoms with Crippen LogP contribution >= 0.6 is 0 Å². The summed E-state index contributed by atoms with van der Waals surface area (Å²) < 4.78 is 24.5. The molecule has 1 saturated heterocycles. The van der Waals surface area contributed by atoms with E-state index in [9.17, 15) is 13.6 Å². The average molecular weight is 212 g/mol. The number of alkyl halides is 2. The van der Waals surface area contributed by atoms with Gasteiger partial charge >= 0.3 is 0 Å². The van der Waals surface area contributed by atoms with Crippen molar-refractivity contribution in [3.8, 4) is 0 Å². The molecular weight excluding hydrogens is 202 g/mol. The zero-order chi connectivity index (χ0) is 10.8. The van der Waals surface area contributed by atoms with Crippen LogP contribution < -0.4 is 4.90 Å². The van der Waals surface area contributed by atoms with Crippen LogP contribution in [0.1, 0.15) is 18.4 Å².